The van der Waals surface area contributed by atoms with E-state index in [2.05, 4.69) is 23.8 Å². The molecular weight excluding hydrogens is 286 g/mol. The number of nitrogen functional groups attached to an aromatic ring is 1. The zero-order chi connectivity index (χ0) is 15.4. The second kappa shape index (κ2) is 4.67. The smallest absolute Gasteiger partial charge is 0.197 e. The molecule has 4 nitrogen and oxygen atoms in total. The summed E-state index contributed by atoms with van der Waals surface area (Å²) in [6.07, 6.45) is 0. The molecule has 2 aromatic rings. The Balaban J connectivity index is 2.04. The minimum Gasteiger partial charge on any atom is -0.496 e. The van der Waals surface area contributed by atoms with E-state index < -0.39 is 0 Å². The normalized spacial score (nSPS) is 23.1. The topological polar surface area (TPSA) is 63.9 Å². The average Bonchev–Trinajstić information content (AvgIpc) is 2.81. The number of nitrogens with two attached hydrogens (primary N) is 1. The lowest BCUT2D eigenvalue weighted by Crippen LogP contribution is -1.94. The molecule has 0 aliphatic heterocycles. The van der Waals surface area contributed by atoms with Gasteiger partial charge in [-0.1, -0.05) is 25.4 Å². The number of anilines is 1. The average molecular weight is 306 g/mol. The van der Waals surface area contributed by atoms with E-state index in [0.717, 1.165) is 27.7 Å². The molecule has 0 unspecified atom stereocenters. The first-order valence-corrected chi connectivity index (χ1v) is 7.39. The van der Waals surface area contributed by atoms with Gasteiger partial charge in [-0.15, -0.1) is 0 Å². The van der Waals surface area contributed by atoms with E-state index in [1.807, 2.05) is 25.1 Å². The Bertz CT molecular complexity index is 693. The number of aromatic amines is 1. The molecule has 0 amide bonds. The van der Waals surface area contributed by atoms with E-state index in [9.17, 15) is 0 Å². The van der Waals surface area contributed by atoms with E-state index in [-0.39, 0.29) is 5.41 Å². The first kappa shape index (κ1) is 14.3. The van der Waals surface area contributed by atoms with Crippen LogP contribution < -0.4 is 10.5 Å². The van der Waals surface area contributed by atoms with Crippen LogP contribution in [0.2, 0.25) is 5.02 Å². The molecule has 1 heterocycles. The lowest BCUT2D eigenvalue weighted by atomic mass is 10.0. The molecule has 2 atom stereocenters. The Kier molecular flexibility index (Phi) is 3.17. The fourth-order valence-electron chi connectivity index (χ4n) is 3.51. The molecule has 1 aromatic carbocycles. The highest BCUT2D eigenvalue weighted by atomic mass is 35.5. The molecule has 1 aliphatic rings. The first-order chi connectivity index (χ1) is 9.86. The highest BCUT2D eigenvalue weighted by Gasteiger charge is 2.61. The number of nitrogens with zero attached hydrogens (tertiary/aromatic N) is 1. The van der Waals surface area contributed by atoms with E-state index in [1.165, 1.54) is 0 Å². The molecule has 1 fully saturated rings. The predicted molar refractivity (Wildman–Crippen MR) is 85.0 cm³/mol. The molecule has 3 rings (SSSR count). The fourth-order valence-corrected chi connectivity index (χ4v) is 3.69. The third-order valence-electron chi connectivity index (χ3n) is 4.61. The van der Waals surface area contributed by atoms with Crippen LogP contribution in [0.5, 0.6) is 5.75 Å². The van der Waals surface area contributed by atoms with Crippen molar-refractivity contribution in [2.75, 3.05) is 12.8 Å². The van der Waals surface area contributed by atoms with Crippen LogP contribution in [0.3, 0.4) is 0 Å². The van der Waals surface area contributed by atoms with Crippen LogP contribution in [-0.2, 0) is 0 Å². The van der Waals surface area contributed by atoms with Gasteiger partial charge < -0.3 is 15.5 Å². The van der Waals surface area contributed by atoms with Crippen molar-refractivity contribution in [1.29, 1.82) is 0 Å². The number of aryl methyl sites for hydroxylation is 1. The van der Waals surface area contributed by atoms with Crippen molar-refractivity contribution in [3.8, 4) is 5.75 Å². The molecule has 0 radical (unpaired) electrons. The summed E-state index contributed by atoms with van der Waals surface area (Å²) < 4.78 is 5.51. The minimum absolute atomic E-state index is 0.113. The van der Waals surface area contributed by atoms with Gasteiger partial charge in [-0.2, -0.15) is 0 Å². The lowest BCUT2D eigenvalue weighted by Gasteiger charge is -2.10. The number of ether oxygens (including phenoxy) is 1. The van der Waals surface area contributed by atoms with Crippen LogP contribution >= 0.6 is 11.6 Å². The molecule has 1 aromatic heterocycles. The number of H-pyrrole nitrogens is 1. The zero-order valence-corrected chi connectivity index (χ0v) is 13.5. The Hall–Kier alpha value is -1.68. The van der Waals surface area contributed by atoms with Gasteiger partial charge in [0.25, 0.3) is 0 Å². The number of nitrogens with one attached hydrogen (secondary N) is 1. The Morgan fingerprint density at radius 1 is 1.33 bits per heavy atom. The van der Waals surface area contributed by atoms with Crippen LogP contribution in [0, 0.1) is 12.3 Å². The molecule has 112 valence electrons. The summed E-state index contributed by atoms with van der Waals surface area (Å²) in [6, 6.07) is 5.78. The van der Waals surface area contributed by atoms with Crippen molar-refractivity contribution >= 4 is 17.5 Å². The number of imidazole rings is 1. The maximum atomic E-state index is 6.17. The van der Waals surface area contributed by atoms with Crippen LogP contribution in [0.4, 0.5) is 5.95 Å². The van der Waals surface area contributed by atoms with Crippen molar-refractivity contribution in [1.82, 2.24) is 9.97 Å². The number of benzene rings is 1. The maximum Gasteiger partial charge on any atom is 0.197 e. The molecule has 0 bridgehead atoms. The van der Waals surface area contributed by atoms with Crippen molar-refractivity contribution in [2.45, 2.75) is 32.6 Å². The summed E-state index contributed by atoms with van der Waals surface area (Å²) >= 11 is 6.17. The Labute approximate surface area is 129 Å². The molecule has 3 N–H and O–H groups in total. The van der Waals surface area contributed by atoms with Gasteiger partial charge in [-0.3, -0.25) is 0 Å². The molecule has 21 heavy (non-hydrogen) atoms. The van der Waals surface area contributed by atoms with Gasteiger partial charge in [-0.05, 0) is 36.1 Å². The van der Waals surface area contributed by atoms with Gasteiger partial charge >= 0.3 is 0 Å². The predicted octanol–water partition coefficient (Wildman–Crippen LogP) is 3.87. The van der Waals surface area contributed by atoms with E-state index in [4.69, 9.17) is 22.1 Å². The summed E-state index contributed by atoms with van der Waals surface area (Å²) in [6.45, 7) is 6.49. The van der Waals surface area contributed by atoms with Crippen molar-refractivity contribution in [3.63, 3.8) is 0 Å². The number of hydrogen-bond acceptors (Lipinski definition) is 3. The fraction of sp³-hybridized carbons (Fsp3) is 0.438. The number of aromatic nitrogens is 2. The van der Waals surface area contributed by atoms with Gasteiger partial charge in [0.2, 0.25) is 0 Å². The van der Waals surface area contributed by atoms with Gasteiger partial charge in [-0.25, -0.2) is 4.98 Å². The molecule has 1 aliphatic carbocycles. The van der Waals surface area contributed by atoms with Gasteiger partial charge in [0, 0.05) is 22.6 Å². The summed E-state index contributed by atoms with van der Waals surface area (Å²) in [5, 5.41) is 0.730. The third kappa shape index (κ3) is 2.18. The highest BCUT2D eigenvalue weighted by Crippen LogP contribution is 2.71. The number of methoxy groups -OCH3 is 1. The number of hydrogen-bond donors (Lipinski definition) is 2. The van der Waals surface area contributed by atoms with Crippen molar-refractivity contribution in [3.05, 3.63) is 40.2 Å². The third-order valence-corrected chi connectivity index (χ3v) is 4.84. The van der Waals surface area contributed by atoms with E-state index >= 15 is 0 Å². The second-order valence-corrected chi connectivity index (χ2v) is 6.72. The van der Waals surface area contributed by atoms with Crippen molar-refractivity contribution in [2.24, 2.45) is 5.41 Å². The van der Waals surface area contributed by atoms with Crippen LogP contribution in [-0.4, -0.2) is 17.1 Å². The summed E-state index contributed by atoms with van der Waals surface area (Å²) in [7, 11) is 1.69. The summed E-state index contributed by atoms with van der Waals surface area (Å²) in [5.41, 5.74) is 9.13. The number of halogens is 1. The van der Waals surface area contributed by atoms with Crippen LogP contribution in [0.25, 0.3) is 0 Å². The SMILES string of the molecule is COc1ccc(Cl)cc1[C@@H]1[C@@H](c2[nH]c(N)nc2C)C1(C)C. The molecule has 0 saturated heterocycles. The molecule has 1 saturated carbocycles. The summed E-state index contributed by atoms with van der Waals surface area (Å²) in [4.78, 5) is 7.50. The Morgan fingerprint density at radius 3 is 2.62 bits per heavy atom. The molecular formula is C16H20ClN3O. The standard InChI is InChI=1S/C16H20ClN3O/c1-8-14(20-15(18)19-8)13-12(16(13,2)3)10-7-9(17)5-6-11(10)21-4/h5-7,12-13H,1-4H3,(H3,18,19,20)/t12-,13+/m1/s1. The van der Waals surface area contributed by atoms with Gasteiger partial charge in [0.05, 0.1) is 12.8 Å². The van der Waals surface area contributed by atoms with E-state index in [0.29, 0.717) is 17.8 Å². The monoisotopic (exact) mass is 305 g/mol. The minimum atomic E-state index is 0.113. The first-order valence-electron chi connectivity index (χ1n) is 7.01. The highest BCUT2D eigenvalue weighted by molar-refractivity contribution is 6.30. The van der Waals surface area contributed by atoms with Crippen LogP contribution in [0.15, 0.2) is 18.2 Å². The second-order valence-electron chi connectivity index (χ2n) is 6.28. The largest absolute Gasteiger partial charge is 0.496 e. The molecule has 0 spiro atoms. The van der Waals surface area contributed by atoms with Gasteiger partial charge in [0.15, 0.2) is 5.95 Å². The van der Waals surface area contributed by atoms with Gasteiger partial charge in [0.1, 0.15) is 5.75 Å². The van der Waals surface area contributed by atoms with Crippen LogP contribution in [0.1, 0.15) is 42.6 Å². The Morgan fingerprint density at radius 2 is 2.05 bits per heavy atom. The number of rotatable bonds is 3. The lowest BCUT2D eigenvalue weighted by molar-refractivity contribution is 0.407. The van der Waals surface area contributed by atoms with Crippen molar-refractivity contribution < 1.29 is 4.74 Å². The molecule has 5 heteroatoms. The quantitative estimate of drug-likeness (QED) is 0.904. The summed E-state index contributed by atoms with van der Waals surface area (Å²) in [5.74, 6) is 2.03. The van der Waals surface area contributed by atoms with E-state index in [1.54, 1.807) is 7.11 Å². The zero-order valence-electron chi connectivity index (χ0n) is 12.7. The maximum absolute atomic E-state index is 6.17.